The summed E-state index contributed by atoms with van der Waals surface area (Å²) in [6.45, 7) is 23.3. The van der Waals surface area contributed by atoms with Crippen molar-refractivity contribution in [1.82, 2.24) is 0 Å². The van der Waals surface area contributed by atoms with Crippen molar-refractivity contribution in [3.8, 4) is 0 Å². The van der Waals surface area contributed by atoms with Crippen LogP contribution in [0.3, 0.4) is 0 Å². The molecule has 0 amide bonds. The zero-order chi connectivity index (χ0) is 44.2. The third-order valence-electron chi connectivity index (χ3n) is 15.6. The maximum atomic E-state index is 5.67. The summed E-state index contributed by atoms with van der Waals surface area (Å²) < 4.78 is 3.18. The van der Waals surface area contributed by atoms with Crippen molar-refractivity contribution >= 4 is 43.3 Å². The molecule has 5 fully saturated rings. The first kappa shape index (κ1) is 50.1. The van der Waals surface area contributed by atoms with Gasteiger partial charge in [0.2, 0.25) is 0 Å². The summed E-state index contributed by atoms with van der Waals surface area (Å²) in [4.78, 5) is 5.17. The molecule has 0 N–H and O–H groups in total. The van der Waals surface area contributed by atoms with Gasteiger partial charge in [0.05, 0.1) is 43.7 Å². The van der Waals surface area contributed by atoms with Crippen molar-refractivity contribution in [3.05, 3.63) is 100 Å². The molecule has 0 aromatic heterocycles. The molecule has 3 saturated carbocycles. The van der Waals surface area contributed by atoms with Gasteiger partial charge < -0.3 is 14.3 Å². The van der Waals surface area contributed by atoms with Crippen LogP contribution >= 0.6 is 27.3 Å². The summed E-state index contributed by atoms with van der Waals surface area (Å²) in [6, 6.07) is 19.8. The third kappa shape index (κ3) is 14.1. The zero-order valence-electron chi connectivity index (χ0n) is 40.2. The molecule has 2 saturated heterocycles. The number of halogens is 2. The van der Waals surface area contributed by atoms with Gasteiger partial charge in [0, 0.05) is 31.9 Å². The van der Waals surface area contributed by atoms with E-state index in [4.69, 9.17) is 19.4 Å². The second-order valence-electron chi connectivity index (χ2n) is 20.6. The average molecular weight is 991 g/mol. The fraction of sp³-hybridized carbons (Fsp3) is 0.636. The molecule has 0 spiro atoms. The van der Waals surface area contributed by atoms with Crippen LogP contribution < -0.4 is 9.80 Å². The second kappa shape index (κ2) is 24.5. The summed E-state index contributed by atoms with van der Waals surface area (Å²) in [5, 5.41) is 0. The Bertz CT molecular complexity index is 1760. The van der Waals surface area contributed by atoms with Gasteiger partial charge in [-0.25, -0.2) is 0 Å². The van der Waals surface area contributed by atoms with Crippen LogP contribution in [0.25, 0.3) is 0 Å². The first-order valence-electron chi connectivity index (χ1n) is 25.0. The molecule has 3 aliphatic carbocycles. The zero-order valence-corrected chi connectivity index (χ0v) is 44.5. The predicted molar refractivity (Wildman–Crippen MR) is 275 cm³/mol. The number of hydrogen-bond donors (Lipinski definition) is 0. The summed E-state index contributed by atoms with van der Waals surface area (Å²) in [5.41, 5.74) is 15.9. The van der Waals surface area contributed by atoms with Gasteiger partial charge in [0.15, 0.2) is 0 Å². The molecule has 3 nitrogen and oxygen atoms in total. The van der Waals surface area contributed by atoms with Crippen molar-refractivity contribution in [2.24, 2.45) is 5.92 Å². The second-order valence-corrected chi connectivity index (χ2v) is 29.8. The van der Waals surface area contributed by atoms with E-state index in [9.17, 15) is 0 Å². The van der Waals surface area contributed by atoms with E-state index >= 15 is 0 Å². The number of piperidine rings is 1. The van der Waals surface area contributed by atoms with Crippen LogP contribution in [-0.4, -0.2) is 65.3 Å². The molecular weight excluding hydrogens is 906 g/mol. The van der Waals surface area contributed by atoms with E-state index in [1.165, 1.54) is 105 Å². The van der Waals surface area contributed by atoms with E-state index in [1.807, 2.05) is 34.9 Å². The average Bonchev–Trinajstić information content (AvgIpc) is 3.64. The molecule has 0 bridgehead atoms. The SMILES string of the molecule is C1CCC([PH+](C2CCCCC2)C2CCCCC2)CC1.CC[N+]1(C)CCC(CC2CN(c3c(C)cc(C)cc3C)[CH-]N2c2c(C)cc(C)cc2C)CC1.[Cl][Ru]([Cl])=[CH]c1ccccc1. The van der Waals surface area contributed by atoms with Crippen LogP contribution in [0.5, 0.6) is 0 Å². The fourth-order valence-corrected chi connectivity index (χ4v) is 19.5. The Balaban J connectivity index is 0.000000184. The standard InChI is InChI=1S/C30H45N3.C18H33P.C7H6.2ClH.Ru/c1-9-33(8)12-10-27(11-13-33)18-28-19-31(29-23(4)14-21(2)15-24(29)5)20-32(28)30-25(6)16-22(3)17-26(30)7;1-4-10-16(11-5-1)19(17-12-6-2-7-13-17)18-14-8-3-9-15-18;1-7-5-3-2-4-6-7;;;/h14-17,20,27-28H,9-13,18-19H2,1-8H3;16-18H,1-15H2;1-6H;2*1H;/q;;;;;+2/p-1. The number of nitrogens with zero attached hydrogens (tertiary/aromatic N) is 3. The van der Waals surface area contributed by atoms with Crippen molar-refractivity contribution in [1.29, 1.82) is 0 Å². The van der Waals surface area contributed by atoms with E-state index in [-0.39, 0.29) is 7.92 Å². The molecule has 5 aliphatic rings. The van der Waals surface area contributed by atoms with E-state index < -0.39 is 13.5 Å². The summed E-state index contributed by atoms with van der Waals surface area (Å²) in [6.07, 6.45) is 27.8. The van der Waals surface area contributed by atoms with Gasteiger partial charge in [-0.05, 0) is 173 Å². The van der Waals surface area contributed by atoms with Gasteiger partial charge in [0.1, 0.15) is 0 Å². The van der Waals surface area contributed by atoms with Gasteiger partial charge in [0.25, 0.3) is 0 Å². The maximum absolute atomic E-state index is 5.67. The molecule has 62 heavy (non-hydrogen) atoms. The summed E-state index contributed by atoms with van der Waals surface area (Å²) in [5.74, 6) is 0.829. The van der Waals surface area contributed by atoms with Crippen LogP contribution in [0.15, 0.2) is 54.6 Å². The van der Waals surface area contributed by atoms with Crippen molar-refractivity contribution < 1.29 is 18.0 Å². The number of quaternary nitrogens is 1. The van der Waals surface area contributed by atoms with Gasteiger partial charge in [-0.15, -0.1) is 0 Å². The number of benzene rings is 3. The van der Waals surface area contributed by atoms with Crippen LogP contribution in [0.1, 0.15) is 161 Å². The molecule has 3 aromatic rings. The third-order valence-corrected chi connectivity index (χ3v) is 22.1. The Labute approximate surface area is 395 Å². The number of rotatable bonds is 9. The topological polar surface area (TPSA) is 6.48 Å². The molecule has 2 heterocycles. The van der Waals surface area contributed by atoms with E-state index in [0.717, 1.165) is 18.0 Å². The first-order chi connectivity index (χ1) is 29.8. The molecule has 2 aliphatic heterocycles. The predicted octanol–water partition coefficient (Wildman–Crippen LogP) is 15.6. The molecule has 1 unspecified atom stereocenters. The first-order valence-corrected chi connectivity index (χ1v) is 32.2. The van der Waals surface area contributed by atoms with Crippen LogP contribution in [0.4, 0.5) is 11.4 Å². The molecular formula is C55H85Cl2N3PRu+. The molecule has 346 valence electrons. The molecule has 3 aromatic carbocycles. The van der Waals surface area contributed by atoms with Crippen molar-refractivity contribution in [3.63, 3.8) is 0 Å². The number of likely N-dealkylation sites (tertiary alicyclic amines) is 1. The van der Waals surface area contributed by atoms with E-state index in [0.29, 0.717) is 6.04 Å². The Hall–Kier alpha value is -1.28. The van der Waals surface area contributed by atoms with Crippen LogP contribution in [-0.2, 0) is 13.5 Å². The number of hydrogen-bond acceptors (Lipinski definition) is 2. The molecule has 0 radical (unpaired) electrons. The molecule has 7 heteroatoms. The van der Waals surface area contributed by atoms with E-state index in [2.05, 4.69) is 96.2 Å². The van der Waals surface area contributed by atoms with Crippen LogP contribution in [0.2, 0.25) is 0 Å². The Morgan fingerprint density at radius 3 is 1.50 bits per heavy atom. The van der Waals surface area contributed by atoms with Crippen LogP contribution in [0, 0.1) is 54.1 Å². The summed E-state index contributed by atoms with van der Waals surface area (Å²) in [7, 11) is 13.7. The van der Waals surface area contributed by atoms with Gasteiger partial charge in [-0.1, -0.05) is 54.7 Å². The Kier molecular flexibility index (Phi) is 19.8. The minimum absolute atomic E-state index is 0.0465. The van der Waals surface area contributed by atoms with E-state index in [1.54, 1.807) is 96.3 Å². The summed E-state index contributed by atoms with van der Waals surface area (Å²) >= 11 is -1.61. The van der Waals surface area contributed by atoms with Gasteiger partial charge >= 0.3 is 73.4 Å². The minimum atomic E-state index is -1.61. The molecule has 8 rings (SSSR count). The molecule has 1 atom stereocenters. The quantitative estimate of drug-likeness (QED) is 0.0912. The van der Waals surface area contributed by atoms with Crippen molar-refractivity contribution in [2.75, 3.05) is 43.0 Å². The van der Waals surface area contributed by atoms with Crippen molar-refractivity contribution in [2.45, 2.75) is 187 Å². The number of anilines is 2. The number of aryl methyl sites for hydroxylation is 6. The Morgan fingerprint density at radius 2 is 1.08 bits per heavy atom. The van der Waals surface area contributed by atoms with Gasteiger partial charge in [-0.2, -0.15) is 6.67 Å². The monoisotopic (exact) mass is 990 g/mol. The Morgan fingerprint density at radius 1 is 0.645 bits per heavy atom. The fourth-order valence-electron chi connectivity index (χ4n) is 12.5. The normalized spacial score (nSPS) is 24.3. The van der Waals surface area contributed by atoms with Gasteiger partial charge in [-0.3, -0.25) is 0 Å².